The van der Waals surface area contributed by atoms with E-state index in [1.54, 1.807) is 24.3 Å². The molecule has 0 radical (unpaired) electrons. The molecule has 1 saturated heterocycles. The lowest BCUT2D eigenvalue weighted by Crippen LogP contribution is -2.27. The third-order valence-electron chi connectivity index (χ3n) is 5.64. The fourth-order valence-electron chi connectivity index (χ4n) is 3.84. The SMILES string of the molecule is CCOc1cc(/C=C2\SC(=O)N(Cc3ccccc3)C2=O)ccc1OCC(=O)Nc1ccc(C)cc1C. The number of hydrogen-bond donors (Lipinski definition) is 1. The van der Waals surface area contributed by atoms with Crippen LogP contribution in [-0.2, 0) is 16.1 Å². The van der Waals surface area contributed by atoms with Crippen LogP contribution in [0.5, 0.6) is 11.5 Å². The summed E-state index contributed by atoms with van der Waals surface area (Å²) >= 11 is 0.910. The minimum absolute atomic E-state index is 0.189. The molecule has 37 heavy (non-hydrogen) atoms. The average molecular weight is 517 g/mol. The van der Waals surface area contributed by atoms with E-state index in [0.717, 1.165) is 34.1 Å². The van der Waals surface area contributed by atoms with Gasteiger partial charge in [0.25, 0.3) is 17.1 Å². The maximum atomic E-state index is 12.9. The summed E-state index contributed by atoms with van der Waals surface area (Å²) in [7, 11) is 0. The molecule has 0 aliphatic carbocycles. The van der Waals surface area contributed by atoms with Crippen molar-refractivity contribution in [3.8, 4) is 11.5 Å². The number of hydrogen-bond acceptors (Lipinski definition) is 6. The normalized spacial score (nSPS) is 14.2. The second-order valence-electron chi connectivity index (χ2n) is 8.55. The fraction of sp³-hybridized carbons (Fsp3) is 0.207. The van der Waals surface area contributed by atoms with Crippen LogP contribution in [0.2, 0.25) is 0 Å². The van der Waals surface area contributed by atoms with Gasteiger partial charge in [0.05, 0.1) is 18.1 Å². The van der Waals surface area contributed by atoms with E-state index >= 15 is 0 Å². The van der Waals surface area contributed by atoms with Crippen molar-refractivity contribution < 1.29 is 23.9 Å². The van der Waals surface area contributed by atoms with Crippen LogP contribution in [-0.4, -0.2) is 35.2 Å². The molecule has 1 N–H and O–H groups in total. The molecule has 0 aromatic heterocycles. The summed E-state index contributed by atoms with van der Waals surface area (Å²) in [5.74, 6) is 0.233. The first-order chi connectivity index (χ1) is 17.8. The molecule has 4 rings (SSSR count). The molecule has 0 saturated carbocycles. The molecule has 1 fully saturated rings. The first kappa shape index (κ1) is 26.0. The van der Waals surface area contributed by atoms with Crippen LogP contribution in [0.15, 0.2) is 71.6 Å². The Morgan fingerprint density at radius 3 is 2.49 bits per heavy atom. The molecule has 0 spiro atoms. The smallest absolute Gasteiger partial charge is 0.293 e. The lowest BCUT2D eigenvalue weighted by molar-refractivity contribution is -0.123. The lowest BCUT2D eigenvalue weighted by Gasteiger charge is -2.14. The first-order valence-corrected chi connectivity index (χ1v) is 12.7. The summed E-state index contributed by atoms with van der Waals surface area (Å²) in [4.78, 5) is 39.4. The molecule has 1 aliphatic rings. The molecule has 190 valence electrons. The Kier molecular flexibility index (Phi) is 8.30. The largest absolute Gasteiger partial charge is 0.490 e. The maximum Gasteiger partial charge on any atom is 0.293 e. The Morgan fingerprint density at radius 2 is 1.76 bits per heavy atom. The van der Waals surface area contributed by atoms with Crippen LogP contribution in [0.3, 0.4) is 0 Å². The van der Waals surface area contributed by atoms with Gasteiger partial charge in [-0.1, -0.05) is 54.1 Å². The second kappa shape index (κ2) is 11.8. The highest BCUT2D eigenvalue weighted by Gasteiger charge is 2.35. The van der Waals surface area contributed by atoms with E-state index < -0.39 is 0 Å². The minimum atomic E-state index is -0.333. The van der Waals surface area contributed by atoms with Gasteiger partial charge in [0.1, 0.15) is 0 Å². The number of anilines is 1. The van der Waals surface area contributed by atoms with Gasteiger partial charge in [-0.3, -0.25) is 19.3 Å². The van der Waals surface area contributed by atoms with E-state index in [0.29, 0.717) is 28.6 Å². The number of ether oxygens (including phenoxy) is 2. The predicted molar refractivity (Wildman–Crippen MR) is 146 cm³/mol. The van der Waals surface area contributed by atoms with Crippen molar-refractivity contribution in [2.45, 2.75) is 27.3 Å². The highest BCUT2D eigenvalue weighted by Crippen LogP contribution is 2.35. The average Bonchev–Trinajstić information content (AvgIpc) is 3.13. The molecule has 7 nitrogen and oxygen atoms in total. The number of imide groups is 1. The fourth-order valence-corrected chi connectivity index (χ4v) is 4.68. The van der Waals surface area contributed by atoms with Crippen molar-refractivity contribution in [2.75, 3.05) is 18.5 Å². The molecular weight excluding hydrogens is 488 g/mol. The first-order valence-electron chi connectivity index (χ1n) is 11.9. The van der Waals surface area contributed by atoms with E-state index in [9.17, 15) is 14.4 Å². The van der Waals surface area contributed by atoms with Gasteiger partial charge in [-0.15, -0.1) is 0 Å². The van der Waals surface area contributed by atoms with Gasteiger partial charge in [-0.2, -0.15) is 0 Å². The number of benzene rings is 3. The van der Waals surface area contributed by atoms with Crippen LogP contribution in [0, 0.1) is 13.8 Å². The van der Waals surface area contributed by atoms with Gasteiger partial charge in [0, 0.05) is 5.69 Å². The summed E-state index contributed by atoms with van der Waals surface area (Å²) in [6.07, 6.45) is 1.66. The van der Waals surface area contributed by atoms with Gasteiger partial charge in [0.15, 0.2) is 18.1 Å². The van der Waals surface area contributed by atoms with Crippen LogP contribution in [0.1, 0.15) is 29.2 Å². The summed E-state index contributed by atoms with van der Waals surface area (Å²) in [6.45, 7) is 6.21. The number of carbonyl (C=O) groups is 3. The second-order valence-corrected chi connectivity index (χ2v) is 9.54. The van der Waals surface area contributed by atoms with Crippen LogP contribution < -0.4 is 14.8 Å². The van der Waals surface area contributed by atoms with Gasteiger partial charge >= 0.3 is 0 Å². The number of rotatable bonds is 9. The highest BCUT2D eigenvalue weighted by molar-refractivity contribution is 8.18. The number of nitrogens with zero attached hydrogens (tertiary/aromatic N) is 1. The zero-order valence-electron chi connectivity index (χ0n) is 20.9. The van der Waals surface area contributed by atoms with Crippen LogP contribution in [0.25, 0.3) is 6.08 Å². The van der Waals surface area contributed by atoms with Crippen LogP contribution >= 0.6 is 11.8 Å². The summed E-state index contributed by atoms with van der Waals surface area (Å²) in [6, 6.07) is 20.4. The third-order valence-corrected chi connectivity index (χ3v) is 6.54. The van der Waals surface area contributed by atoms with Gasteiger partial charge in [-0.25, -0.2) is 0 Å². The number of nitrogens with one attached hydrogen (secondary N) is 1. The Morgan fingerprint density at radius 1 is 0.973 bits per heavy atom. The number of carbonyl (C=O) groups excluding carboxylic acids is 3. The van der Waals surface area contributed by atoms with E-state index in [-0.39, 0.29) is 30.2 Å². The summed E-state index contributed by atoms with van der Waals surface area (Å²) < 4.78 is 11.5. The predicted octanol–water partition coefficient (Wildman–Crippen LogP) is 5.96. The quantitative estimate of drug-likeness (QED) is 0.354. The monoisotopic (exact) mass is 516 g/mol. The van der Waals surface area contributed by atoms with Crippen LogP contribution in [0.4, 0.5) is 10.5 Å². The van der Waals surface area contributed by atoms with Crippen molar-refractivity contribution in [3.05, 3.63) is 93.9 Å². The molecule has 3 aromatic carbocycles. The van der Waals surface area contributed by atoms with Gasteiger partial charge in [-0.05, 0) is 73.5 Å². The maximum absolute atomic E-state index is 12.9. The molecule has 1 aliphatic heterocycles. The zero-order valence-corrected chi connectivity index (χ0v) is 21.8. The lowest BCUT2D eigenvalue weighted by atomic mass is 10.1. The molecule has 3 amide bonds. The third kappa shape index (κ3) is 6.59. The van der Waals surface area contributed by atoms with Crippen molar-refractivity contribution in [1.82, 2.24) is 4.90 Å². The van der Waals surface area contributed by atoms with Gasteiger partial charge < -0.3 is 14.8 Å². The Hall–Kier alpha value is -4.04. The number of amides is 3. The van der Waals surface area contributed by atoms with Gasteiger partial charge in [0.2, 0.25) is 0 Å². The van der Waals surface area contributed by atoms with Crippen molar-refractivity contribution >= 4 is 40.6 Å². The Bertz CT molecular complexity index is 1350. The molecule has 3 aromatic rings. The Labute approximate surface area is 220 Å². The molecule has 0 atom stereocenters. The van der Waals surface area contributed by atoms with Crippen molar-refractivity contribution in [2.24, 2.45) is 0 Å². The van der Waals surface area contributed by atoms with Crippen molar-refractivity contribution in [3.63, 3.8) is 0 Å². The van der Waals surface area contributed by atoms with E-state index in [2.05, 4.69) is 5.32 Å². The van der Waals surface area contributed by atoms with Crippen molar-refractivity contribution in [1.29, 1.82) is 0 Å². The molecule has 0 unspecified atom stereocenters. The highest BCUT2D eigenvalue weighted by atomic mass is 32.2. The van der Waals surface area contributed by atoms with E-state index in [1.165, 1.54) is 4.90 Å². The molecule has 1 heterocycles. The zero-order chi connectivity index (χ0) is 26.4. The number of aryl methyl sites for hydroxylation is 2. The van der Waals surface area contributed by atoms with E-state index in [4.69, 9.17) is 9.47 Å². The Balaban J connectivity index is 1.44. The molecule has 0 bridgehead atoms. The summed E-state index contributed by atoms with van der Waals surface area (Å²) in [5.41, 5.74) is 4.39. The molecular formula is C29H28N2O5S. The molecule has 8 heteroatoms. The standard InChI is InChI=1S/C29H28N2O5S/c1-4-35-25-15-22(16-26-28(33)31(29(34)37-26)17-21-8-6-5-7-9-21)11-13-24(25)36-18-27(32)30-23-12-10-19(2)14-20(23)3/h5-16H,4,17-18H2,1-3H3,(H,30,32)/b26-16-. The summed E-state index contributed by atoms with van der Waals surface area (Å²) in [5, 5.41) is 2.55. The topological polar surface area (TPSA) is 84.9 Å². The minimum Gasteiger partial charge on any atom is -0.490 e. The number of thioether (sulfide) groups is 1. The van der Waals surface area contributed by atoms with E-state index in [1.807, 2.05) is 69.3 Å².